The van der Waals surface area contributed by atoms with Crippen LogP contribution in [0.15, 0.2) is 41.8 Å². The molecule has 1 aromatic carbocycles. The van der Waals surface area contributed by atoms with Crippen molar-refractivity contribution in [2.24, 2.45) is 12.8 Å². The lowest BCUT2D eigenvalue weighted by Crippen LogP contribution is -2.26. The van der Waals surface area contributed by atoms with E-state index >= 15 is 0 Å². The van der Waals surface area contributed by atoms with E-state index in [-0.39, 0.29) is 11.3 Å². The minimum atomic E-state index is 0.0431. The van der Waals surface area contributed by atoms with Crippen LogP contribution in [-0.2, 0) is 7.05 Å². The Kier molecular flexibility index (Phi) is 4.91. The summed E-state index contributed by atoms with van der Waals surface area (Å²) in [4.78, 5) is 4.35. The number of imidazole rings is 1. The fraction of sp³-hybridized carbons (Fsp3) is 0.357. The first-order valence-electron chi connectivity index (χ1n) is 6.27. The number of hydrogen-bond donors (Lipinski definition) is 1. The van der Waals surface area contributed by atoms with E-state index in [0.29, 0.717) is 0 Å². The second-order valence-electron chi connectivity index (χ2n) is 4.45. The van der Waals surface area contributed by atoms with Gasteiger partial charge < -0.3 is 10.3 Å². The normalized spacial score (nSPS) is 14.3. The molecule has 102 valence electrons. The Bertz CT molecular complexity index is 541. The van der Waals surface area contributed by atoms with Crippen molar-refractivity contribution in [2.45, 2.75) is 29.8 Å². The van der Waals surface area contributed by atoms with Crippen molar-refractivity contribution in [2.75, 3.05) is 0 Å². The van der Waals surface area contributed by atoms with Gasteiger partial charge in [0, 0.05) is 30.5 Å². The van der Waals surface area contributed by atoms with Crippen LogP contribution < -0.4 is 5.73 Å². The summed E-state index contributed by atoms with van der Waals surface area (Å²) in [6.07, 6.45) is 4.63. The van der Waals surface area contributed by atoms with Crippen LogP contribution in [-0.4, -0.2) is 15.6 Å². The highest BCUT2D eigenvalue weighted by atomic mass is 35.5. The third kappa shape index (κ3) is 3.32. The summed E-state index contributed by atoms with van der Waals surface area (Å²) in [5.74, 6) is 0. The number of benzene rings is 1. The maximum absolute atomic E-state index is 6.30. The van der Waals surface area contributed by atoms with Crippen molar-refractivity contribution < 1.29 is 0 Å². The van der Waals surface area contributed by atoms with Gasteiger partial charge >= 0.3 is 0 Å². The van der Waals surface area contributed by atoms with Crippen LogP contribution in [0.1, 0.15) is 24.2 Å². The fourth-order valence-corrected chi connectivity index (χ4v) is 3.47. The van der Waals surface area contributed by atoms with Gasteiger partial charge in [0.2, 0.25) is 0 Å². The average Bonchev–Trinajstić information content (AvgIpc) is 2.81. The Balaban J connectivity index is 2.32. The Morgan fingerprint density at radius 1 is 1.42 bits per heavy atom. The van der Waals surface area contributed by atoms with Gasteiger partial charge in [-0.3, -0.25) is 0 Å². The molecule has 2 unspecified atom stereocenters. The first-order valence-corrected chi connectivity index (χ1v) is 7.53. The van der Waals surface area contributed by atoms with Gasteiger partial charge in [-0.25, -0.2) is 4.98 Å². The van der Waals surface area contributed by atoms with Crippen LogP contribution in [0.4, 0.5) is 0 Å². The second kappa shape index (κ2) is 6.46. The highest BCUT2D eigenvalue weighted by Crippen LogP contribution is 2.39. The van der Waals surface area contributed by atoms with Crippen molar-refractivity contribution in [3.63, 3.8) is 0 Å². The molecule has 0 aliphatic heterocycles. The molecule has 0 fully saturated rings. The zero-order valence-corrected chi connectivity index (χ0v) is 12.7. The van der Waals surface area contributed by atoms with E-state index in [1.165, 1.54) is 0 Å². The summed E-state index contributed by atoms with van der Waals surface area (Å²) >= 11 is 7.97. The molecule has 5 heteroatoms. The SMILES string of the molecule is CCC(N)C(Sc1nccn1C)c1ccccc1Cl. The van der Waals surface area contributed by atoms with Gasteiger partial charge in [-0.05, 0) is 18.1 Å². The topological polar surface area (TPSA) is 43.8 Å². The van der Waals surface area contributed by atoms with Gasteiger partial charge in [-0.1, -0.05) is 48.5 Å². The largest absolute Gasteiger partial charge is 0.329 e. The quantitative estimate of drug-likeness (QED) is 0.857. The zero-order chi connectivity index (χ0) is 13.8. The first-order chi connectivity index (χ1) is 9.13. The highest BCUT2D eigenvalue weighted by Gasteiger charge is 2.23. The van der Waals surface area contributed by atoms with Gasteiger partial charge in [-0.2, -0.15) is 0 Å². The van der Waals surface area contributed by atoms with E-state index in [4.69, 9.17) is 17.3 Å². The molecule has 0 aliphatic carbocycles. The number of rotatable bonds is 5. The molecule has 0 bridgehead atoms. The van der Waals surface area contributed by atoms with Crippen LogP contribution in [0.5, 0.6) is 0 Å². The molecule has 0 aliphatic rings. The summed E-state index contributed by atoms with van der Waals surface area (Å²) in [5, 5.41) is 1.83. The van der Waals surface area contributed by atoms with Crippen molar-refractivity contribution in [1.29, 1.82) is 0 Å². The molecule has 0 saturated carbocycles. The highest BCUT2D eigenvalue weighted by molar-refractivity contribution is 7.99. The molecule has 0 spiro atoms. The maximum Gasteiger partial charge on any atom is 0.168 e. The number of nitrogens with zero attached hydrogens (tertiary/aromatic N) is 2. The molecule has 0 radical (unpaired) electrons. The summed E-state index contributed by atoms with van der Waals surface area (Å²) in [6.45, 7) is 2.09. The predicted octanol–water partition coefficient (Wildman–Crippen LogP) is 3.64. The lowest BCUT2D eigenvalue weighted by atomic mass is 10.0. The molecular weight excluding hydrogens is 278 g/mol. The number of hydrogen-bond acceptors (Lipinski definition) is 3. The number of aromatic nitrogens is 2. The Morgan fingerprint density at radius 3 is 2.74 bits per heavy atom. The summed E-state index contributed by atoms with van der Waals surface area (Å²) in [7, 11) is 1.98. The average molecular weight is 296 g/mol. The van der Waals surface area contributed by atoms with E-state index in [1.54, 1.807) is 18.0 Å². The molecule has 2 aromatic rings. The molecule has 1 aromatic heterocycles. The van der Waals surface area contributed by atoms with Crippen LogP contribution in [0, 0.1) is 0 Å². The van der Waals surface area contributed by atoms with Gasteiger partial charge in [-0.15, -0.1) is 0 Å². The van der Waals surface area contributed by atoms with Crippen LogP contribution in [0.25, 0.3) is 0 Å². The van der Waals surface area contributed by atoms with E-state index in [9.17, 15) is 0 Å². The third-order valence-electron chi connectivity index (χ3n) is 3.08. The van der Waals surface area contributed by atoms with Gasteiger partial charge in [0.25, 0.3) is 0 Å². The smallest absolute Gasteiger partial charge is 0.168 e. The van der Waals surface area contributed by atoms with Gasteiger partial charge in [0.1, 0.15) is 0 Å². The minimum Gasteiger partial charge on any atom is -0.329 e. The van der Waals surface area contributed by atoms with Crippen LogP contribution >= 0.6 is 23.4 Å². The lowest BCUT2D eigenvalue weighted by molar-refractivity contribution is 0.630. The van der Waals surface area contributed by atoms with Crippen molar-refractivity contribution >= 4 is 23.4 Å². The third-order valence-corrected chi connectivity index (χ3v) is 4.89. The van der Waals surface area contributed by atoms with Gasteiger partial charge in [0.05, 0.1) is 5.25 Å². The summed E-state index contributed by atoms with van der Waals surface area (Å²) < 4.78 is 2.00. The summed E-state index contributed by atoms with van der Waals surface area (Å²) in [6, 6.07) is 7.92. The first kappa shape index (κ1) is 14.4. The van der Waals surface area contributed by atoms with Gasteiger partial charge in [0.15, 0.2) is 5.16 Å². The fourth-order valence-electron chi connectivity index (χ4n) is 1.88. The molecule has 19 heavy (non-hydrogen) atoms. The van der Waals surface area contributed by atoms with Crippen molar-refractivity contribution in [3.05, 3.63) is 47.2 Å². The number of aryl methyl sites for hydroxylation is 1. The molecule has 0 saturated heterocycles. The molecule has 2 N–H and O–H groups in total. The predicted molar refractivity (Wildman–Crippen MR) is 81.5 cm³/mol. The maximum atomic E-state index is 6.30. The van der Waals surface area contributed by atoms with Crippen LogP contribution in [0.3, 0.4) is 0 Å². The number of halogens is 1. The monoisotopic (exact) mass is 295 g/mol. The van der Waals surface area contributed by atoms with E-state index in [0.717, 1.165) is 22.2 Å². The molecule has 0 amide bonds. The molecule has 3 nitrogen and oxygen atoms in total. The Hall–Kier alpha value is -0.970. The molecule has 1 heterocycles. The van der Waals surface area contributed by atoms with E-state index in [2.05, 4.69) is 11.9 Å². The zero-order valence-electron chi connectivity index (χ0n) is 11.1. The van der Waals surface area contributed by atoms with Crippen LogP contribution in [0.2, 0.25) is 5.02 Å². The van der Waals surface area contributed by atoms with Crippen molar-refractivity contribution in [1.82, 2.24) is 9.55 Å². The number of thioether (sulfide) groups is 1. The molecular formula is C14H18ClN3S. The lowest BCUT2D eigenvalue weighted by Gasteiger charge is -2.23. The summed E-state index contributed by atoms with van der Waals surface area (Å²) in [5.41, 5.74) is 7.34. The number of nitrogens with two attached hydrogens (primary N) is 1. The van der Waals surface area contributed by atoms with Crippen molar-refractivity contribution in [3.8, 4) is 0 Å². The minimum absolute atomic E-state index is 0.0431. The molecule has 2 atom stereocenters. The second-order valence-corrected chi connectivity index (χ2v) is 5.97. The Labute approximate surface area is 123 Å². The Morgan fingerprint density at radius 2 is 2.16 bits per heavy atom. The standard InChI is InChI=1S/C14H18ClN3S/c1-3-12(16)13(10-6-4-5-7-11(10)15)19-14-17-8-9-18(14)2/h4-9,12-13H,3,16H2,1-2H3. The van der Waals surface area contributed by atoms with E-state index in [1.807, 2.05) is 42.1 Å². The van der Waals surface area contributed by atoms with E-state index < -0.39 is 0 Å². The molecule has 2 rings (SSSR count).